The van der Waals surface area contributed by atoms with Gasteiger partial charge in [0.05, 0.1) is 18.8 Å². The number of rotatable bonds is 12. The number of nitrogens with one attached hydrogen (secondary N) is 2. The average Bonchev–Trinajstić information content (AvgIpc) is 3.61. The van der Waals surface area contributed by atoms with E-state index in [9.17, 15) is 9.90 Å². The third-order valence-corrected chi connectivity index (χ3v) is 9.72. The Labute approximate surface area is 305 Å². The molecule has 1 aliphatic heterocycles. The lowest BCUT2D eigenvalue weighted by Crippen LogP contribution is -2.31. The molecule has 1 fully saturated rings. The molecule has 0 aliphatic carbocycles. The van der Waals surface area contributed by atoms with Crippen LogP contribution in [0.1, 0.15) is 41.1 Å². The van der Waals surface area contributed by atoms with Crippen LogP contribution in [0.5, 0.6) is 11.5 Å². The number of aliphatic hydroxyl groups excluding tert-OH is 1. The van der Waals surface area contributed by atoms with E-state index in [2.05, 4.69) is 44.4 Å². The van der Waals surface area contributed by atoms with Crippen LogP contribution in [0, 0.1) is 0 Å². The summed E-state index contributed by atoms with van der Waals surface area (Å²) in [4.78, 5) is 12.7. The summed E-state index contributed by atoms with van der Waals surface area (Å²) < 4.78 is 20.5. The van der Waals surface area contributed by atoms with Gasteiger partial charge in [-0.2, -0.15) is 0 Å². The van der Waals surface area contributed by atoms with Crippen LogP contribution in [-0.2, 0) is 29.7 Å². The smallest absolute Gasteiger partial charge is 0.319 e. The largest absolute Gasteiger partial charge is 0.457 e. The van der Waals surface area contributed by atoms with Crippen molar-refractivity contribution in [2.75, 3.05) is 11.1 Å². The Morgan fingerprint density at radius 2 is 1.60 bits per heavy atom. The number of carbonyl (C=O) groups is 1. The fourth-order valence-electron chi connectivity index (χ4n) is 5.82. The topological polar surface area (TPSA) is 133 Å². The van der Waals surface area contributed by atoms with Crippen molar-refractivity contribution in [2.45, 2.75) is 43.2 Å². The van der Waals surface area contributed by atoms with Gasteiger partial charge < -0.3 is 30.0 Å². The highest BCUT2D eigenvalue weighted by atomic mass is 32.2. The molecule has 12 heteroatoms. The van der Waals surface area contributed by atoms with Crippen LogP contribution < -0.4 is 15.4 Å². The molecule has 7 rings (SSSR count). The van der Waals surface area contributed by atoms with Crippen LogP contribution in [0.2, 0.25) is 0 Å². The number of aliphatic hydroxyl groups is 1. The molecule has 52 heavy (non-hydrogen) atoms. The maximum absolute atomic E-state index is 12.7. The summed E-state index contributed by atoms with van der Waals surface area (Å²) in [7, 11) is 1.82. The van der Waals surface area contributed by atoms with Crippen LogP contribution >= 0.6 is 11.8 Å². The number of hydrogen-bond acceptors (Lipinski definition) is 9. The minimum Gasteiger partial charge on any atom is -0.457 e. The number of thioether (sulfide) groups is 1. The minimum absolute atomic E-state index is 0.00868. The average molecular weight is 715 g/mol. The molecule has 11 nitrogen and oxygen atoms in total. The zero-order chi connectivity index (χ0) is 35.7. The molecule has 1 aliphatic rings. The first-order valence-electron chi connectivity index (χ1n) is 16.9. The van der Waals surface area contributed by atoms with Crippen molar-refractivity contribution >= 4 is 23.5 Å². The van der Waals surface area contributed by atoms with E-state index in [0.29, 0.717) is 30.2 Å². The molecule has 3 unspecified atom stereocenters. The first kappa shape index (κ1) is 34.9. The molecule has 264 valence electrons. The zero-order valence-electron chi connectivity index (χ0n) is 28.5. The Hall–Kier alpha value is -5.53. The molecule has 0 radical (unpaired) electrons. The van der Waals surface area contributed by atoms with Gasteiger partial charge in [-0.15, -0.1) is 5.10 Å². The first-order valence-corrected chi connectivity index (χ1v) is 17.9. The number of ether oxygens (including phenoxy) is 3. The Kier molecular flexibility index (Phi) is 11.2. The van der Waals surface area contributed by atoms with Gasteiger partial charge in [0, 0.05) is 37.0 Å². The van der Waals surface area contributed by atoms with Crippen molar-refractivity contribution in [3.8, 4) is 22.6 Å². The molecular formula is C40H38N6O5S. The van der Waals surface area contributed by atoms with Crippen molar-refractivity contribution < 1.29 is 24.1 Å². The summed E-state index contributed by atoms with van der Waals surface area (Å²) >= 11 is 1.55. The van der Waals surface area contributed by atoms with Gasteiger partial charge in [-0.1, -0.05) is 96.7 Å². The number of anilines is 1. The fourth-order valence-corrected chi connectivity index (χ4v) is 6.68. The van der Waals surface area contributed by atoms with E-state index >= 15 is 0 Å². The highest BCUT2D eigenvalue weighted by molar-refractivity contribution is 7.99. The summed E-state index contributed by atoms with van der Waals surface area (Å²) in [6, 6.07) is 40.6. The molecular weight excluding hydrogens is 677 g/mol. The Morgan fingerprint density at radius 1 is 0.846 bits per heavy atom. The molecule has 0 saturated carbocycles. The van der Waals surface area contributed by atoms with Crippen LogP contribution in [-0.4, -0.2) is 43.2 Å². The van der Waals surface area contributed by atoms with Crippen molar-refractivity contribution in [3.05, 3.63) is 150 Å². The van der Waals surface area contributed by atoms with E-state index in [0.717, 1.165) is 44.3 Å². The Morgan fingerprint density at radius 3 is 2.33 bits per heavy atom. The number of aryl methyl sites for hydroxylation is 1. The van der Waals surface area contributed by atoms with Crippen LogP contribution in [0.15, 0.2) is 133 Å². The molecule has 0 spiro atoms. The third kappa shape index (κ3) is 9.03. The van der Waals surface area contributed by atoms with E-state index in [1.165, 1.54) is 0 Å². The van der Waals surface area contributed by atoms with E-state index in [4.69, 9.17) is 14.2 Å². The lowest BCUT2D eigenvalue weighted by Gasteiger charge is -2.36. The number of para-hydroxylation sites is 1. The van der Waals surface area contributed by atoms with Gasteiger partial charge in [-0.25, -0.2) is 9.48 Å². The number of tetrazole rings is 1. The minimum atomic E-state index is -0.574. The molecule has 3 atom stereocenters. The zero-order valence-corrected chi connectivity index (χ0v) is 29.3. The molecule has 1 aromatic heterocycles. The van der Waals surface area contributed by atoms with Crippen molar-refractivity contribution in [1.29, 1.82) is 0 Å². The van der Waals surface area contributed by atoms with Gasteiger partial charge in [-0.3, -0.25) is 0 Å². The summed E-state index contributed by atoms with van der Waals surface area (Å²) in [5.74, 6) is 2.09. The number of amides is 2. The van der Waals surface area contributed by atoms with E-state index in [1.807, 2.05) is 104 Å². The molecule has 6 aromatic rings. The van der Waals surface area contributed by atoms with Crippen molar-refractivity contribution in [2.24, 2.45) is 7.05 Å². The van der Waals surface area contributed by atoms with Gasteiger partial charge in [0.1, 0.15) is 11.5 Å². The van der Waals surface area contributed by atoms with E-state index in [-0.39, 0.29) is 24.8 Å². The first-order chi connectivity index (χ1) is 25.5. The summed E-state index contributed by atoms with van der Waals surface area (Å²) in [6.45, 7) is 0.354. The predicted octanol–water partition coefficient (Wildman–Crippen LogP) is 7.82. The van der Waals surface area contributed by atoms with Gasteiger partial charge in [0.15, 0.2) is 6.29 Å². The number of nitrogens with zero attached hydrogens (tertiary/aromatic N) is 4. The van der Waals surface area contributed by atoms with Crippen molar-refractivity contribution in [3.63, 3.8) is 0 Å². The predicted molar refractivity (Wildman–Crippen MR) is 199 cm³/mol. The normalized spacial score (nSPS) is 17.0. The second-order valence-corrected chi connectivity index (χ2v) is 13.3. The SMILES string of the molecule is Cn1nnnc1SCC1CC(c2ccc(CO)cc2)OC(c2ccc(-c3cccc(CNC(=O)Nc4ccc(Oc5ccccc5)cc4)c3)cc2)O1. The Bertz CT molecular complexity index is 2060. The van der Waals surface area contributed by atoms with Crippen molar-refractivity contribution in [1.82, 2.24) is 25.5 Å². The molecule has 2 heterocycles. The second kappa shape index (κ2) is 16.7. The number of aromatic nitrogens is 4. The monoisotopic (exact) mass is 714 g/mol. The molecule has 0 bridgehead atoms. The lowest BCUT2D eigenvalue weighted by molar-refractivity contribution is -0.245. The summed E-state index contributed by atoms with van der Waals surface area (Å²) in [5.41, 5.74) is 6.48. The highest BCUT2D eigenvalue weighted by Crippen LogP contribution is 2.39. The maximum Gasteiger partial charge on any atom is 0.319 e. The lowest BCUT2D eigenvalue weighted by atomic mass is 9.99. The number of benzene rings is 5. The summed E-state index contributed by atoms with van der Waals surface area (Å²) in [5, 5.41) is 27.8. The van der Waals surface area contributed by atoms with Gasteiger partial charge in [0.25, 0.3) is 0 Å². The highest BCUT2D eigenvalue weighted by Gasteiger charge is 2.32. The third-order valence-electron chi connectivity index (χ3n) is 8.58. The molecule has 5 aromatic carbocycles. The molecule has 3 N–H and O–H groups in total. The van der Waals surface area contributed by atoms with E-state index < -0.39 is 6.29 Å². The number of urea groups is 1. The van der Waals surface area contributed by atoms with E-state index in [1.54, 1.807) is 28.6 Å². The van der Waals surface area contributed by atoms with Gasteiger partial charge in [0.2, 0.25) is 5.16 Å². The maximum atomic E-state index is 12.7. The Balaban J connectivity index is 0.970. The van der Waals surface area contributed by atoms with Crippen LogP contribution in [0.25, 0.3) is 11.1 Å². The molecule has 1 saturated heterocycles. The quantitative estimate of drug-likeness (QED) is 0.109. The van der Waals surface area contributed by atoms with Gasteiger partial charge >= 0.3 is 6.03 Å². The molecule has 2 amide bonds. The fraction of sp³-hybridized carbons (Fsp3) is 0.200. The second-order valence-electron chi connectivity index (χ2n) is 12.3. The number of hydrogen-bond donors (Lipinski definition) is 3. The standard InChI is InChI=1S/C40H38N6O5S/c1-46-40(43-44-45-46)52-26-36-23-37(30-12-10-27(25-47)11-13-30)51-38(50-36)31-16-14-29(15-17-31)32-7-5-6-28(22-32)24-41-39(48)42-33-18-20-35(21-19-33)49-34-8-3-2-4-9-34/h2-22,36-38,47H,23-26H2,1H3,(H2,41,42,48). The van der Waals surface area contributed by atoms with Crippen LogP contribution in [0.3, 0.4) is 0 Å². The summed E-state index contributed by atoms with van der Waals surface area (Å²) in [6.07, 6.45) is -0.212. The van der Waals surface area contributed by atoms with Crippen LogP contribution in [0.4, 0.5) is 10.5 Å². The number of carbonyl (C=O) groups excluding carboxylic acids is 1. The van der Waals surface area contributed by atoms with Gasteiger partial charge in [-0.05, 0) is 80.7 Å².